The quantitative estimate of drug-likeness (QED) is 0.238. The van der Waals surface area contributed by atoms with Crippen molar-refractivity contribution in [1.82, 2.24) is 14.5 Å². The molecule has 2 N–H and O–H groups in total. The predicted octanol–water partition coefficient (Wildman–Crippen LogP) is 1.79. The van der Waals surface area contributed by atoms with Crippen molar-refractivity contribution in [3.05, 3.63) is 34.4 Å². The van der Waals surface area contributed by atoms with Crippen molar-refractivity contribution in [2.24, 2.45) is 5.92 Å². The predicted molar refractivity (Wildman–Crippen MR) is 120 cm³/mol. The number of thioether (sulfide) groups is 1. The second kappa shape index (κ2) is 10.3. The summed E-state index contributed by atoms with van der Waals surface area (Å²) in [5.41, 5.74) is 0.370. The summed E-state index contributed by atoms with van der Waals surface area (Å²) in [5, 5.41) is 24.1. The summed E-state index contributed by atoms with van der Waals surface area (Å²) in [7, 11) is -3.25. The highest BCUT2D eigenvalue weighted by Gasteiger charge is 2.29. The molecule has 0 atom stereocenters. The highest BCUT2D eigenvalue weighted by Crippen LogP contribution is 2.27. The molecule has 1 aromatic carbocycles. The van der Waals surface area contributed by atoms with Crippen LogP contribution in [-0.2, 0) is 19.6 Å². The zero-order valence-electron chi connectivity index (χ0n) is 16.9. The molecular formula is C17H20N6O6S3. The molecule has 1 aliphatic rings. The van der Waals surface area contributed by atoms with E-state index < -0.39 is 14.9 Å². The maximum absolute atomic E-state index is 12.4. The molecule has 3 rings (SSSR count). The van der Waals surface area contributed by atoms with Gasteiger partial charge in [0.15, 0.2) is 4.34 Å². The fourth-order valence-electron chi connectivity index (χ4n) is 2.97. The molecule has 2 aromatic rings. The number of carbonyl (C=O) groups excluding carboxylic acids is 2. The monoisotopic (exact) mass is 500 g/mol. The number of nitro groups is 1. The van der Waals surface area contributed by atoms with E-state index in [1.165, 1.54) is 28.6 Å². The van der Waals surface area contributed by atoms with Crippen LogP contribution in [0.4, 0.5) is 16.5 Å². The number of amides is 2. The van der Waals surface area contributed by atoms with Crippen molar-refractivity contribution < 1.29 is 22.9 Å². The van der Waals surface area contributed by atoms with Gasteiger partial charge in [0.05, 0.1) is 16.9 Å². The maximum atomic E-state index is 12.4. The minimum absolute atomic E-state index is 0.0452. The zero-order valence-corrected chi connectivity index (χ0v) is 19.3. The number of carbonyl (C=O) groups is 2. The minimum Gasteiger partial charge on any atom is -0.325 e. The normalized spacial score (nSPS) is 15.3. The smallest absolute Gasteiger partial charge is 0.269 e. The van der Waals surface area contributed by atoms with Gasteiger partial charge >= 0.3 is 0 Å². The van der Waals surface area contributed by atoms with Crippen molar-refractivity contribution in [2.75, 3.05) is 35.7 Å². The van der Waals surface area contributed by atoms with Crippen LogP contribution < -0.4 is 10.6 Å². The van der Waals surface area contributed by atoms with E-state index in [1.807, 2.05) is 0 Å². The van der Waals surface area contributed by atoms with Gasteiger partial charge < -0.3 is 10.6 Å². The Labute approximate surface area is 192 Å². The van der Waals surface area contributed by atoms with Crippen LogP contribution in [-0.4, -0.2) is 64.8 Å². The molecule has 0 spiro atoms. The van der Waals surface area contributed by atoms with E-state index >= 15 is 0 Å². The first kappa shape index (κ1) is 24.0. The molecule has 0 unspecified atom stereocenters. The van der Waals surface area contributed by atoms with Crippen molar-refractivity contribution in [3.8, 4) is 0 Å². The van der Waals surface area contributed by atoms with Gasteiger partial charge in [-0.05, 0) is 25.0 Å². The Hall–Kier alpha value is -2.62. The number of sulfonamides is 1. The molecule has 2 amide bonds. The molecule has 2 heterocycles. The Morgan fingerprint density at radius 3 is 2.47 bits per heavy atom. The van der Waals surface area contributed by atoms with Crippen LogP contribution in [0.5, 0.6) is 0 Å². The molecule has 1 aliphatic heterocycles. The molecule has 1 fully saturated rings. The fraction of sp³-hybridized carbons (Fsp3) is 0.412. The van der Waals surface area contributed by atoms with Gasteiger partial charge in [-0.2, -0.15) is 0 Å². The molecule has 1 aromatic heterocycles. The lowest BCUT2D eigenvalue weighted by Gasteiger charge is -2.29. The molecule has 0 radical (unpaired) electrons. The van der Waals surface area contributed by atoms with Crippen LogP contribution >= 0.6 is 23.1 Å². The van der Waals surface area contributed by atoms with Crippen molar-refractivity contribution >= 4 is 61.4 Å². The van der Waals surface area contributed by atoms with E-state index in [0.29, 0.717) is 41.1 Å². The Kier molecular flexibility index (Phi) is 7.76. The third-order valence-corrected chi connectivity index (χ3v) is 7.89. The van der Waals surface area contributed by atoms with Crippen LogP contribution in [0.15, 0.2) is 28.6 Å². The zero-order chi connectivity index (χ0) is 23.3. The Morgan fingerprint density at radius 2 is 1.88 bits per heavy atom. The van der Waals surface area contributed by atoms with Gasteiger partial charge in [0, 0.05) is 36.8 Å². The third kappa shape index (κ3) is 6.69. The number of hydrogen-bond acceptors (Lipinski definition) is 10. The molecule has 0 bridgehead atoms. The Morgan fingerprint density at radius 1 is 1.22 bits per heavy atom. The lowest BCUT2D eigenvalue weighted by molar-refractivity contribution is -0.384. The Bertz CT molecular complexity index is 1100. The standard InChI is InChI=1S/C17H20N6O6S3/c1-32(28,29)22-8-6-11(7-9-22)15(25)19-16-20-21-17(31-16)30-10-14(24)18-12-2-4-13(5-3-12)23(26)27/h2-5,11H,6-10H2,1H3,(H,18,24)(H,19,20,25). The number of rotatable bonds is 8. The second-order valence-corrected chi connectivity index (χ2v) is 11.1. The van der Waals surface area contributed by atoms with E-state index in [0.717, 1.165) is 29.4 Å². The fourth-order valence-corrected chi connectivity index (χ4v) is 5.40. The molecule has 12 nitrogen and oxygen atoms in total. The van der Waals surface area contributed by atoms with E-state index in [9.17, 15) is 28.1 Å². The number of hydrogen-bond donors (Lipinski definition) is 2. The van der Waals surface area contributed by atoms with Crippen LogP contribution in [0, 0.1) is 16.0 Å². The van der Waals surface area contributed by atoms with Crippen molar-refractivity contribution in [3.63, 3.8) is 0 Å². The number of nitrogens with zero attached hydrogens (tertiary/aromatic N) is 4. The number of benzene rings is 1. The first-order chi connectivity index (χ1) is 15.1. The lowest BCUT2D eigenvalue weighted by Crippen LogP contribution is -2.40. The number of nitro benzene ring substituents is 1. The van der Waals surface area contributed by atoms with Crippen LogP contribution in [0.3, 0.4) is 0 Å². The van der Waals surface area contributed by atoms with E-state index in [-0.39, 0.29) is 29.2 Å². The van der Waals surface area contributed by atoms with Crippen LogP contribution in [0.1, 0.15) is 12.8 Å². The number of non-ortho nitro benzene ring substituents is 1. The molecule has 0 saturated carbocycles. The first-order valence-electron chi connectivity index (χ1n) is 9.38. The van der Waals surface area contributed by atoms with Crippen LogP contribution in [0.25, 0.3) is 0 Å². The molecule has 1 saturated heterocycles. The highest BCUT2D eigenvalue weighted by atomic mass is 32.2. The van der Waals surface area contributed by atoms with Gasteiger partial charge in [0.1, 0.15) is 0 Å². The van der Waals surface area contributed by atoms with Gasteiger partial charge in [-0.15, -0.1) is 10.2 Å². The van der Waals surface area contributed by atoms with Gasteiger partial charge in [-0.25, -0.2) is 12.7 Å². The summed E-state index contributed by atoms with van der Waals surface area (Å²) >= 11 is 2.27. The Balaban J connectivity index is 1.44. The third-order valence-electron chi connectivity index (χ3n) is 4.62. The summed E-state index contributed by atoms with van der Waals surface area (Å²) in [4.78, 5) is 34.6. The van der Waals surface area contributed by atoms with Gasteiger partial charge in [0.2, 0.25) is 27.0 Å². The van der Waals surface area contributed by atoms with E-state index in [4.69, 9.17) is 0 Å². The summed E-state index contributed by atoms with van der Waals surface area (Å²) in [6.45, 7) is 0.607. The van der Waals surface area contributed by atoms with Gasteiger partial charge in [-0.3, -0.25) is 19.7 Å². The average Bonchev–Trinajstić information content (AvgIpc) is 3.19. The van der Waals surface area contributed by atoms with Gasteiger partial charge in [-0.1, -0.05) is 23.1 Å². The number of anilines is 2. The topological polar surface area (TPSA) is 165 Å². The minimum atomic E-state index is -3.25. The van der Waals surface area contributed by atoms with E-state index in [1.54, 1.807) is 0 Å². The summed E-state index contributed by atoms with van der Waals surface area (Å²) in [6.07, 6.45) is 2.02. The first-order valence-corrected chi connectivity index (χ1v) is 13.0. The maximum Gasteiger partial charge on any atom is 0.269 e. The molecule has 172 valence electrons. The molecular weight excluding hydrogens is 480 g/mol. The van der Waals surface area contributed by atoms with Crippen molar-refractivity contribution in [2.45, 2.75) is 17.2 Å². The summed E-state index contributed by atoms with van der Waals surface area (Å²) < 4.78 is 25.0. The molecule has 32 heavy (non-hydrogen) atoms. The van der Waals surface area contributed by atoms with E-state index in [2.05, 4.69) is 20.8 Å². The SMILES string of the molecule is CS(=O)(=O)N1CCC(C(=O)Nc2nnc(SCC(=O)Nc3ccc([N+](=O)[O-])cc3)s2)CC1. The number of piperidine rings is 1. The molecule has 15 heteroatoms. The highest BCUT2D eigenvalue weighted by molar-refractivity contribution is 8.01. The average molecular weight is 501 g/mol. The van der Waals surface area contributed by atoms with Crippen LogP contribution in [0.2, 0.25) is 0 Å². The summed E-state index contributed by atoms with van der Waals surface area (Å²) in [6, 6.07) is 5.49. The summed E-state index contributed by atoms with van der Waals surface area (Å²) in [5.74, 6) is -0.812. The molecule has 0 aliphatic carbocycles. The second-order valence-electron chi connectivity index (χ2n) is 6.94. The number of aromatic nitrogens is 2. The number of nitrogens with one attached hydrogen (secondary N) is 2. The lowest BCUT2D eigenvalue weighted by atomic mass is 9.97. The van der Waals surface area contributed by atoms with Gasteiger partial charge in [0.25, 0.3) is 5.69 Å². The largest absolute Gasteiger partial charge is 0.325 e. The van der Waals surface area contributed by atoms with Crippen molar-refractivity contribution in [1.29, 1.82) is 0 Å².